The number of benzene rings is 1. The molecule has 4 nitrogen and oxygen atoms in total. The molecule has 2 bridgehead atoms. The summed E-state index contributed by atoms with van der Waals surface area (Å²) in [7, 11) is 0. The van der Waals surface area contributed by atoms with Crippen molar-refractivity contribution in [3.63, 3.8) is 0 Å². The number of carbonyl (C=O) groups is 2. The number of rotatable bonds is 2. The summed E-state index contributed by atoms with van der Waals surface area (Å²) in [6.45, 7) is 3.79. The monoisotopic (exact) mass is 308 g/mol. The van der Waals surface area contributed by atoms with Crippen LogP contribution in [0, 0.1) is 28.4 Å². The topological polar surface area (TPSA) is 63.4 Å². The van der Waals surface area contributed by atoms with Gasteiger partial charge in [-0.25, -0.2) is 19.6 Å². The number of hydrogen-bond acceptors (Lipinski definition) is 3. The van der Waals surface area contributed by atoms with Crippen LogP contribution in [0.3, 0.4) is 0 Å². The molecule has 1 aromatic carbocycles. The number of amides is 1. The maximum absolute atomic E-state index is 13.3. The van der Waals surface area contributed by atoms with Crippen LogP contribution in [0.25, 0.3) is 0 Å². The van der Waals surface area contributed by atoms with Crippen LogP contribution in [0.4, 0.5) is 14.5 Å². The van der Waals surface area contributed by atoms with E-state index in [0.717, 1.165) is 23.6 Å². The Balaban J connectivity index is 2.01. The van der Waals surface area contributed by atoms with Crippen LogP contribution in [0.5, 0.6) is 0 Å². The molecule has 3 rings (SSSR count). The number of halogens is 2. The van der Waals surface area contributed by atoms with Crippen LogP contribution >= 0.6 is 0 Å². The number of Topliss-reactive ketones (excluding diaryl/α,β-unsaturated/α-hetero) is 1. The summed E-state index contributed by atoms with van der Waals surface area (Å²) in [5.74, 6) is 3.63. The van der Waals surface area contributed by atoms with Crippen molar-refractivity contribution in [1.82, 2.24) is 0 Å². The highest BCUT2D eigenvalue weighted by Crippen LogP contribution is 2.64. The molecule has 2 atom stereocenters. The molecular weight excluding hydrogens is 290 g/mol. The summed E-state index contributed by atoms with van der Waals surface area (Å²) >= 11 is 0. The molecule has 2 aliphatic carbocycles. The fraction of sp³-hybridized carbons (Fsp3) is 0.500. The van der Waals surface area contributed by atoms with Gasteiger partial charge < -0.3 is 0 Å². The first-order valence-corrected chi connectivity index (χ1v) is 7.29. The molecule has 2 unspecified atom stereocenters. The number of ketones is 1. The smallest absolute Gasteiger partial charge is 0.255 e. The number of hydrazine groups is 1. The van der Waals surface area contributed by atoms with Crippen LogP contribution in [0.15, 0.2) is 18.2 Å². The van der Waals surface area contributed by atoms with E-state index in [1.54, 1.807) is 0 Å². The summed E-state index contributed by atoms with van der Waals surface area (Å²) < 4.78 is 26.7. The number of carbonyl (C=O) groups excluding carboxylic acids is 2. The molecule has 0 aliphatic heterocycles. The molecule has 2 fully saturated rings. The minimum atomic E-state index is -1.19. The molecule has 0 aromatic heterocycles. The normalized spacial score (nSPS) is 29.0. The van der Waals surface area contributed by atoms with Gasteiger partial charge >= 0.3 is 0 Å². The molecule has 0 spiro atoms. The maximum Gasteiger partial charge on any atom is 0.255 e. The summed E-state index contributed by atoms with van der Waals surface area (Å²) in [6.07, 6.45) is 1.59. The largest absolute Gasteiger partial charge is 0.298 e. The van der Waals surface area contributed by atoms with E-state index in [1.165, 1.54) is 0 Å². The van der Waals surface area contributed by atoms with E-state index in [4.69, 9.17) is 5.84 Å². The van der Waals surface area contributed by atoms with Gasteiger partial charge in [0.05, 0.1) is 5.69 Å². The highest BCUT2D eigenvalue weighted by atomic mass is 19.1. The molecule has 1 amide bonds. The van der Waals surface area contributed by atoms with Crippen molar-refractivity contribution in [2.24, 2.45) is 22.6 Å². The van der Waals surface area contributed by atoms with Gasteiger partial charge in [0, 0.05) is 12.5 Å². The lowest BCUT2D eigenvalue weighted by Gasteiger charge is -2.37. The Morgan fingerprint density at radius 1 is 1.27 bits per heavy atom. The Labute approximate surface area is 127 Å². The molecule has 22 heavy (non-hydrogen) atoms. The Kier molecular flexibility index (Phi) is 3.15. The zero-order chi connectivity index (χ0) is 16.3. The minimum Gasteiger partial charge on any atom is -0.298 e. The van der Waals surface area contributed by atoms with Crippen molar-refractivity contribution in [3.05, 3.63) is 29.8 Å². The number of nitrogens with two attached hydrogens (primary N) is 1. The van der Waals surface area contributed by atoms with Crippen molar-refractivity contribution >= 4 is 17.4 Å². The van der Waals surface area contributed by atoms with Gasteiger partial charge in [0.15, 0.2) is 0 Å². The zero-order valence-corrected chi connectivity index (χ0v) is 12.5. The average molecular weight is 308 g/mol. The second-order valence-electron chi connectivity index (χ2n) is 6.79. The quantitative estimate of drug-likeness (QED) is 0.395. The zero-order valence-electron chi connectivity index (χ0n) is 12.5. The Morgan fingerprint density at radius 3 is 2.32 bits per heavy atom. The van der Waals surface area contributed by atoms with Crippen molar-refractivity contribution < 1.29 is 18.4 Å². The van der Waals surface area contributed by atoms with E-state index < -0.39 is 28.4 Å². The SMILES string of the molecule is CC1(C)C2CCC1(C(=O)N(N)c1cc(F)cc(F)c1)C(=O)C2. The highest BCUT2D eigenvalue weighted by molar-refractivity contribution is 6.14. The van der Waals surface area contributed by atoms with E-state index in [1.807, 2.05) is 13.8 Å². The molecular formula is C16H18F2N2O2. The lowest BCUT2D eigenvalue weighted by atomic mass is 9.68. The first-order chi connectivity index (χ1) is 10.2. The van der Waals surface area contributed by atoms with Crippen molar-refractivity contribution in [2.45, 2.75) is 33.1 Å². The summed E-state index contributed by atoms with van der Waals surface area (Å²) in [5.41, 5.74) is -1.77. The van der Waals surface area contributed by atoms with Gasteiger partial charge in [-0.3, -0.25) is 9.59 Å². The van der Waals surface area contributed by atoms with Crippen LogP contribution in [-0.2, 0) is 9.59 Å². The van der Waals surface area contributed by atoms with Gasteiger partial charge in [-0.15, -0.1) is 0 Å². The molecule has 1 aromatic rings. The predicted molar refractivity (Wildman–Crippen MR) is 76.6 cm³/mol. The first-order valence-electron chi connectivity index (χ1n) is 7.29. The second-order valence-corrected chi connectivity index (χ2v) is 6.79. The lowest BCUT2D eigenvalue weighted by molar-refractivity contribution is -0.143. The minimum absolute atomic E-state index is 0.0872. The Hall–Kier alpha value is -1.82. The molecule has 0 heterocycles. The molecule has 2 aliphatic rings. The lowest BCUT2D eigenvalue weighted by Crippen LogP contribution is -2.54. The summed E-state index contributed by atoms with van der Waals surface area (Å²) in [6, 6.07) is 2.67. The van der Waals surface area contributed by atoms with E-state index in [0.29, 0.717) is 18.9 Å². The van der Waals surface area contributed by atoms with Crippen LogP contribution < -0.4 is 10.9 Å². The van der Waals surface area contributed by atoms with E-state index >= 15 is 0 Å². The van der Waals surface area contributed by atoms with Gasteiger partial charge in [-0.05, 0) is 36.3 Å². The summed E-state index contributed by atoms with van der Waals surface area (Å²) in [5, 5.41) is 0.722. The van der Waals surface area contributed by atoms with Gasteiger partial charge in [0.25, 0.3) is 5.91 Å². The first kappa shape index (κ1) is 15.1. The number of fused-ring (bicyclic) bond motifs is 2. The summed E-state index contributed by atoms with van der Waals surface area (Å²) in [4.78, 5) is 25.3. The van der Waals surface area contributed by atoms with Crippen LogP contribution in [-0.4, -0.2) is 11.7 Å². The second kappa shape index (κ2) is 4.59. The van der Waals surface area contributed by atoms with Gasteiger partial charge in [0.2, 0.25) is 0 Å². The molecule has 2 N–H and O–H groups in total. The average Bonchev–Trinajstić information content (AvgIpc) is 2.79. The van der Waals surface area contributed by atoms with Gasteiger partial charge in [-0.2, -0.15) is 0 Å². The van der Waals surface area contributed by atoms with E-state index in [9.17, 15) is 18.4 Å². The highest BCUT2D eigenvalue weighted by Gasteiger charge is 2.68. The van der Waals surface area contributed by atoms with Crippen molar-refractivity contribution in [1.29, 1.82) is 0 Å². The van der Waals surface area contributed by atoms with Crippen LogP contribution in [0.2, 0.25) is 0 Å². The van der Waals surface area contributed by atoms with Gasteiger partial charge in [-0.1, -0.05) is 13.8 Å². The molecule has 118 valence electrons. The van der Waals surface area contributed by atoms with E-state index in [-0.39, 0.29) is 17.4 Å². The number of nitrogens with zero attached hydrogens (tertiary/aromatic N) is 1. The predicted octanol–water partition coefficient (Wildman–Crippen LogP) is 2.57. The molecule has 0 radical (unpaired) electrons. The Bertz CT molecular complexity index is 654. The fourth-order valence-electron chi connectivity index (χ4n) is 4.18. The van der Waals surface area contributed by atoms with Crippen molar-refractivity contribution in [2.75, 3.05) is 5.01 Å². The van der Waals surface area contributed by atoms with E-state index in [2.05, 4.69) is 0 Å². The third-order valence-corrected chi connectivity index (χ3v) is 5.61. The Morgan fingerprint density at radius 2 is 1.86 bits per heavy atom. The van der Waals surface area contributed by atoms with Crippen LogP contribution in [0.1, 0.15) is 33.1 Å². The molecule has 2 saturated carbocycles. The van der Waals surface area contributed by atoms with Crippen molar-refractivity contribution in [3.8, 4) is 0 Å². The molecule has 6 heteroatoms. The number of anilines is 1. The fourth-order valence-corrected chi connectivity index (χ4v) is 4.18. The third-order valence-electron chi connectivity index (χ3n) is 5.61. The number of hydrogen-bond donors (Lipinski definition) is 1. The maximum atomic E-state index is 13.3. The van der Waals surface area contributed by atoms with Gasteiger partial charge in [0.1, 0.15) is 22.8 Å². The molecule has 0 saturated heterocycles. The third kappa shape index (κ3) is 1.76. The standard InChI is InChI=1S/C16H18F2N2O2/c1-15(2)9-3-4-16(15,13(21)5-9)14(22)20(19)12-7-10(17)6-11(18)8-12/h6-9H,3-5,19H2,1-2H3.